The summed E-state index contributed by atoms with van der Waals surface area (Å²) in [6.07, 6.45) is 1.30. The first kappa shape index (κ1) is 21.8. The number of anilines is 1. The van der Waals surface area contributed by atoms with E-state index in [-0.39, 0.29) is 22.4 Å². The Morgan fingerprint density at radius 2 is 2.00 bits per heavy atom. The van der Waals surface area contributed by atoms with Gasteiger partial charge >= 0.3 is 0 Å². The Bertz CT molecular complexity index is 1220. The van der Waals surface area contributed by atoms with Crippen LogP contribution in [-0.4, -0.2) is 41.9 Å². The molecule has 0 bridgehead atoms. The number of rotatable bonds is 5. The summed E-state index contributed by atoms with van der Waals surface area (Å²) >= 11 is 7.05. The maximum atomic E-state index is 14.1. The number of amides is 1. The van der Waals surface area contributed by atoms with Gasteiger partial charge in [-0.05, 0) is 43.2 Å². The van der Waals surface area contributed by atoms with Crippen LogP contribution in [0, 0.1) is 5.82 Å². The van der Waals surface area contributed by atoms with E-state index >= 15 is 0 Å². The van der Waals surface area contributed by atoms with Gasteiger partial charge in [0.2, 0.25) is 15.0 Å². The van der Waals surface area contributed by atoms with Gasteiger partial charge in [0.15, 0.2) is 0 Å². The van der Waals surface area contributed by atoms with Crippen molar-refractivity contribution in [1.29, 1.82) is 0 Å². The van der Waals surface area contributed by atoms with Gasteiger partial charge in [0.25, 0.3) is 5.91 Å². The molecule has 2 aromatic carbocycles. The summed E-state index contributed by atoms with van der Waals surface area (Å²) in [5, 5.41) is 12.0. The molecule has 0 saturated carbocycles. The molecule has 4 rings (SSSR count). The quantitative estimate of drug-likeness (QED) is 0.592. The Morgan fingerprint density at radius 1 is 1.19 bits per heavy atom. The van der Waals surface area contributed by atoms with Crippen LogP contribution in [0.1, 0.15) is 33.6 Å². The van der Waals surface area contributed by atoms with Crippen LogP contribution >= 0.6 is 22.9 Å². The minimum atomic E-state index is -3.96. The van der Waals surface area contributed by atoms with Crippen molar-refractivity contribution in [3.05, 3.63) is 69.4 Å². The van der Waals surface area contributed by atoms with Crippen LogP contribution in [0.2, 0.25) is 5.02 Å². The van der Waals surface area contributed by atoms with Crippen molar-refractivity contribution >= 4 is 44.6 Å². The molecule has 0 radical (unpaired) electrons. The zero-order valence-corrected chi connectivity index (χ0v) is 18.6. The number of sulfonamides is 1. The molecule has 1 amide bonds. The Balaban J connectivity index is 1.49. The van der Waals surface area contributed by atoms with Crippen molar-refractivity contribution in [2.24, 2.45) is 0 Å². The lowest BCUT2D eigenvalue weighted by Crippen LogP contribution is -2.39. The third-order valence-electron chi connectivity index (χ3n) is 4.91. The second kappa shape index (κ2) is 8.99. The zero-order chi connectivity index (χ0) is 22.0. The highest BCUT2D eigenvalue weighted by Crippen LogP contribution is 2.32. The first-order valence-corrected chi connectivity index (χ1v) is 12.1. The summed E-state index contributed by atoms with van der Waals surface area (Å²) in [7, 11) is -3.96. The van der Waals surface area contributed by atoms with Gasteiger partial charge in [-0.2, -0.15) is 4.31 Å². The Morgan fingerprint density at radius 3 is 2.77 bits per heavy atom. The highest BCUT2D eigenvalue weighted by molar-refractivity contribution is 7.89. The average Bonchev–Trinajstić information content (AvgIpc) is 3.25. The van der Waals surface area contributed by atoms with E-state index in [0.717, 1.165) is 17.4 Å². The standard InChI is InChI=1S/C20H18ClFN4O3S2/c21-14-6-3-7-15(11-14)23-18(27)20-25-24-19(30-20)13-5-4-10-26(12-13)31(28,29)17-9-2-1-8-16(17)22/h1-3,6-9,11,13H,4-5,10,12H2,(H,23,27)/t13-/m1/s1. The smallest absolute Gasteiger partial charge is 0.286 e. The lowest BCUT2D eigenvalue weighted by Gasteiger charge is -2.30. The molecule has 0 aliphatic carbocycles. The number of carbonyl (C=O) groups is 1. The fraction of sp³-hybridized carbons (Fsp3) is 0.250. The summed E-state index contributed by atoms with van der Waals surface area (Å²) in [4.78, 5) is 12.1. The average molecular weight is 481 g/mol. The minimum Gasteiger partial charge on any atom is -0.320 e. The number of hydrogen-bond donors (Lipinski definition) is 1. The molecule has 1 aliphatic heterocycles. The minimum absolute atomic E-state index is 0.154. The van der Waals surface area contributed by atoms with Crippen LogP contribution in [0.4, 0.5) is 10.1 Å². The van der Waals surface area contributed by atoms with E-state index < -0.39 is 21.7 Å². The molecule has 2 heterocycles. The van der Waals surface area contributed by atoms with Gasteiger partial charge in [0, 0.05) is 29.7 Å². The fourth-order valence-electron chi connectivity index (χ4n) is 3.40. The van der Waals surface area contributed by atoms with Gasteiger partial charge in [-0.1, -0.05) is 41.1 Å². The van der Waals surface area contributed by atoms with E-state index in [1.807, 2.05) is 0 Å². The van der Waals surface area contributed by atoms with Gasteiger partial charge in [-0.25, -0.2) is 12.8 Å². The van der Waals surface area contributed by atoms with Gasteiger partial charge < -0.3 is 5.32 Å². The number of benzene rings is 2. The summed E-state index contributed by atoms with van der Waals surface area (Å²) in [6.45, 7) is 0.454. The molecular weight excluding hydrogens is 463 g/mol. The first-order valence-electron chi connectivity index (χ1n) is 9.49. The highest BCUT2D eigenvalue weighted by Gasteiger charge is 2.34. The van der Waals surface area contributed by atoms with E-state index in [1.165, 1.54) is 22.5 Å². The van der Waals surface area contributed by atoms with Crippen molar-refractivity contribution < 1.29 is 17.6 Å². The van der Waals surface area contributed by atoms with Crippen molar-refractivity contribution in [3.63, 3.8) is 0 Å². The number of nitrogens with one attached hydrogen (secondary N) is 1. The van der Waals surface area contributed by atoms with Crippen LogP contribution in [-0.2, 0) is 10.0 Å². The third-order valence-corrected chi connectivity index (χ3v) is 8.12. The van der Waals surface area contributed by atoms with Crippen LogP contribution < -0.4 is 5.32 Å². The molecule has 1 atom stereocenters. The fourth-order valence-corrected chi connectivity index (χ4v) is 6.04. The topological polar surface area (TPSA) is 92.3 Å². The van der Waals surface area contributed by atoms with E-state index in [4.69, 9.17) is 11.6 Å². The van der Waals surface area contributed by atoms with E-state index in [0.29, 0.717) is 35.1 Å². The van der Waals surface area contributed by atoms with Crippen LogP contribution in [0.15, 0.2) is 53.4 Å². The van der Waals surface area contributed by atoms with Gasteiger partial charge in [-0.15, -0.1) is 10.2 Å². The van der Waals surface area contributed by atoms with Crippen molar-refractivity contribution in [2.75, 3.05) is 18.4 Å². The molecule has 1 aliphatic rings. The number of aromatic nitrogens is 2. The largest absolute Gasteiger partial charge is 0.320 e. The normalized spacial score (nSPS) is 17.4. The Labute approximate surface area is 187 Å². The summed E-state index contributed by atoms with van der Waals surface area (Å²) in [5.74, 6) is -1.42. The molecule has 1 aromatic heterocycles. The van der Waals surface area contributed by atoms with Crippen molar-refractivity contribution in [2.45, 2.75) is 23.7 Å². The SMILES string of the molecule is O=C(Nc1cccc(Cl)c1)c1nnc([C@@H]2CCCN(S(=O)(=O)c3ccccc3F)C2)s1. The van der Waals surface area contributed by atoms with E-state index in [2.05, 4.69) is 15.5 Å². The van der Waals surface area contributed by atoms with Gasteiger partial charge in [0.05, 0.1) is 0 Å². The van der Waals surface area contributed by atoms with E-state index in [9.17, 15) is 17.6 Å². The number of hydrogen-bond acceptors (Lipinski definition) is 6. The second-order valence-corrected chi connectivity index (χ2v) is 10.4. The molecule has 11 heteroatoms. The predicted octanol–water partition coefficient (Wildman–Crippen LogP) is 4.15. The molecule has 31 heavy (non-hydrogen) atoms. The molecule has 0 spiro atoms. The monoisotopic (exact) mass is 480 g/mol. The first-order chi connectivity index (χ1) is 14.8. The molecule has 7 nitrogen and oxygen atoms in total. The van der Waals surface area contributed by atoms with Crippen molar-refractivity contribution in [1.82, 2.24) is 14.5 Å². The second-order valence-electron chi connectivity index (χ2n) is 7.04. The number of halogens is 2. The lowest BCUT2D eigenvalue weighted by molar-refractivity contribution is 0.102. The Kier molecular flexibility index (Phi) is 6.33. The number of nitrogens with zero attached hydrogens (tertiary/aromatic N) is 3. The third kappa shape index (κ3) is 4.77. The van der Waals surface area contributed by atoms with Crippen LogP contribution in [0.5, 0.6) is 0 Å². The predicted molar refractivity (Wildman–Crippen MR) is 116 cm³/mol. The molecule has 162 valence electrons. The number of piperidine rings is 1. The molecule has 1 N–H and O–H groups in total. The summed E-state index contributed by atoms with van der Waals surface area (Å²) < 4.78 is 41.2. The van der Waals surface area contributed by atoms with Gasteiger partial charge in [-0.3, -0.25) is 4.79 Å². The molecule has 1 fully saturated rings. The molecule has 1 saturated heterocycles. The zero-order valence-electron chi connectivity index (χ0n) is 16.2. The lowest BCUT2D eigenvalue weighted by atomic mass is 10.0. The van der Waals surface area contributed by atoms with E-state index in [1.54, 1.807) is 24.3 Å². The Hall–Kier alpha value is -2.40. The van der Waals surface area contributed by atoms with Crippen molar-refractivity contribution in [3.8, 4) is 0 Å². The number of carbonyl (C=O) groups excluding carboxylic acids is 1. The summed E-state index contributed by atoms with van der Waals surface area (Å²) in [5.41, 5.74) is 0.536. The molecule has 3 aromatic rings. The van der Waals surface area contributed by atoms with Crippen LogP contribution in [0.3, 0.4) is 0 Å². The maximum Gasteiger partial charge on any atom is 0.286 e. The van der Waals surface area contributed by atoms with Gasteiger partial charge in [0.1, 0.15) is 15.7 Å². The maximum absolute atomic E-state index is 14.1. The summed E-state index contributed by atoms with van der Waals surface area (Å²) in [6, 6.07) is 12.1. The van der Waals surface area contributed by atoms with Crippen LogP contribution in [0.25, 0.3) is 0 Å². The molecular formula is C20H18ClFN4O3S2. The molecule has 0 unspecified atom stereocenters. The highest BCUT2D eigenvalue weighted by atomic mass is 35.5.